The van der Waals surface area contributed by atoms with Gasteiger partial charge in [0.1, 0.15) is 0 Å². The zero-order valence-electron chi connectivity index (χ0n) is 18.1. The molecule has 0 saturated heterocycles. The van der Waals surface area contributed by atoms with Gasteiger partial charge in [-0.1, -0.05) is 54.6 Å². The van der Waals surface area contributed by atoms with Crippen molar-refractivity contribution in [2.45, 2.75) is 44.6 Å². The van der Waals surface area contributed by atoms with E-state index in [2.05, 4.69) is 22.2 Å². The largest absolute Gasteiger partial charge is 0.350 e. The molecule has 6 heteroatoms. The number of para-hydroxylation sites is 1. The van der Waals surface area contributed by atoms with Crippen LogP contribution >= 0.6 is 0 Å². The summed E-state index contributed by atoms with van der Waals surface area (Å²) in [5.74, 6) is -0.284. The molecule has 5 nitrogen and oxygen atoms in total. The molecule has 1 atom stereocenters. The van der Waals surface area contributed by atoms with Crippen LogP contribution in [0.3, 0.4) is 0 Å². The predicted octanol–water partition coefficient (Wildman–Crippen LogP) is 4.86. The third-order valence-corrected chi connectivity index (χ3v) is 6.72. The molecule has 0 bridgehead atoms. The number of nitrogens with one attached hydrogen (secondary N) is 2. The van der Waals surface area contributed by atoms with Gasteiger partial charge in [-0.25, -0.2) is 8.42 Å². The lowest BCUT2D eigenvalue weighted by Crippen LogP contribution is -2.33. The van der Waals surface area contributed by atoms with Crippen LogP contribution in [0.1, 0.15) is 40.4 Å². The van der Waals surface area contributed by atoms with Crippen LogP contribution in [0.15, 0.2) is 77.7 Å². The van der Waals surface area contributed by atoms with Crippen molar-refractivity contribution in [1.82, 2.24) is 5.32 Å². The van der Waals surface area contributed by atoms with Crippen LogP contribution in [0.4, 0.5) is 5.69 Å². The maximum atomic E-state index is 13.0. The molecule has 3 rings (SSSR count). The number of benzene rings is 3. The van der Waals surface area contributed by atoms with E-state index in [0.29, 0.717) is 16.8 Å². The van der Waals surface area contributed by atoms with Crippen LogP contribution in [-0.4, -0.2) is 20.4 Å². The summed E-state index contributed by atoms with van der Waals surface area (Å²) in [6.45, 7) is 5.51. The van der Waals surface area contributed by atoms with Crippen molar-refractivity contribution in [3.8, 4) is 0 Å². The van der Waals surface area contributed by atoms with Gasteiger partial charge in [0.25, 0.3) is 15.9 Å². The van der Waals surface area contributed by atoms with Crippen LogP contribution < -0.4 is 10.0 Å². The lowest BCUT2D eigenvalue weighted by molar-refractivity contribution is 0.0938. The predicted molar refractivity (Wildman–Crippen MR) is 125 cm³/mol. The molecule has 0 aliphatic heterocycles. The first kappa shape index (κ1) is 22.6. The molecule has 0 aliphatic carbocycles. The van der Waals surface area contributed by atoms with Crippen molar-refractivity contribution in [3.05, 3.63) is 95.1 Å². The van der Waals surface area contributed by atoms with E-state index in [1.54, 1.807) is 31.2 Å². The fourth-order valence-electron chi connectivity index (χ4n) is 3.33. The molecule has 2 N–H and O–H groups in total. The number of hydrogen-bond acceptors (Lipinski definition) is 3. The number of amides is 1. The first-order valence-electron chi connectivity index (χ1n) is 10.3. The number of carbonyl (C=O) groups excluding carboxylic acids is 1. The number of hydrogen-bond donors (Lipinski definition) is 2. The molecule has 0 aliphatic rings. The van der Waals surface area contributed by atoms with Crippen molar-refractivity contribution >= 4 is 21.6 Å². The summed E-state index contributed by atoms with van der Waals surface area (Å²) in [5, 5.41) is 2.97. The number of anilines is 1. The Morgan fingerprint density at radius 1 is 0.903 bits per heavy atom. The van der Waals surface area contributed by atoms with Crippen LogP contribution in [0.5, 0.6) is 0 Å². The molecule has 1 amide bonds. The minimum absolute atomic E-state index is 0.0424. The minimum atomic E-state index is -3.83. The van der Waals surface area contributed by atoms with Gasteiger partial charge >= 0.3 is 0 Å². The molecule has 0 aromatic heterocycles. The zero-order chi connectivity index (χ0) is 22.4. The Labute approximate surface area is 184 Å². The molecular weight excluding hydrogens is 408 g/mol. The van der Waals surface area contributed by atoms with Crippen molar-refractivity contribution in [1.29, 1.82) is 0 Å². The Hall–Kier alpha value is -3.12. The van der Waals surface area contributed by atoms with Crippen molar-refractivity contribution < 1.29 is 13.2 Å². The fraction of sp³-hybridized carbons (Fsp3) is 0.240. The van der Waals surface area contributed by atoms with Gasteiger partial charge < -0.3 is 5.32 Å². The number of sulfonamides is 1. The molecule has 3 aromatic rings. The van der Waals surface area contributed by atoms with Gasteiger partial charge in [-0.3, -0.25) is 9.52 Å². The molecule has 0 unspecified atom stereocenters. The summed E-state index contributed by atoms with van der Waals surface area (Å²) in [6, 6.07) is 22.0. The van der Waals surface area contributed by atoms with Crippen LogP contribution in [0.25, 0.3) is 0 Å². The van der Waals surface area contributed by atoms with E-state index in [9.17, 15) is 13.2 Å². The van der Waals surface area contributed by atoms with E-state index in [0.717, 1.165) is 18.4 Å². The van der Waals surface area contributed by atoms with E-state index in [4.69, 9.17) is 0 Å². The van der Waals surface area contributed by atoms with Gasteiger partial charge in [-0.2, -0.15) is 0 Å². The van der Waals surface area contributed by atoms with Crippen LogP contribution in [0, 0.1) is 13.8 Å². The van der Waals surface area contributed by atoms with Gasteiger partial charge in [0, 0.05) is 11.6 Å². The summed E-state index contributed by atoms with van der Waals surface area (Å²) in [6.07, 6.45) is 1.65. The molecule has 0 spiro atoms. The standard InChI is InChI=1S/C25H28N2O3S/c1-18-9-7-8-12-23(18)27-31(29,30)24-17-22(16-13-19(24)2)25(28)26-20(3)14-15-21-10-5-4-6-11-21/h4-13,16-17,20,27H,14-15H2,1-3H3,(H,26,28)/t20-/m1/s1. The molecule has 0 heterocycles. The Bertz CT molecular complexity index is 1160. The highest BCUT2D eigenvalue weighted by Gasteiger charge is 2.20. The summed E-state index contributed by atoms with van der Waals surface area (Å²) >= 11 is 0. The minimum Gasteiger partial charge on any atom is -0.350 e. The van der Waals surface area contributed by atoms with Gasteiger partial charge in [0.15, 0.2) is 0 Å². The molecule has 3 aromatic carbocycles. The first-order valence-corrected chi connectivity index (χ1v) is 11.8. The maximum absolute atomic E-state index is 13.0. The zero-order valence-corrected chi connectivity index (χ0v) is 18.9. The Morgan fingerprint density at radius 2 is 1.58 bits per heavy atom. The number of carbonyl (C=O) groups is 1. The Balaban J connectivity index is 1.72. The third-order valence-electron chi connectivity index (χ3n) is 5.22. The third kappa shape index (κ3) is 5.95. The molecule has 0 radical (unpaired) electrons. The summed E-state index contributed by atoms with van der Waals surface area (Å²) in [5.41, 5.74) is 3.46. The van der Waals surface area contributed by atoms with Gasteiger partial charge in [-0.05, 0) is 68.5 Å². The average molecular weight is 437 g/mol. The lowest BCUT2D eigenvalue weighted by atomic mass is 10.1. The summed E-state index contributed by atoms with van der Waals surface area (Å²) in [4.78, 5) is 12.8. The van der Waals surface area contributed by atoms with E-state index in [1.165, 1.54) is 11.6 Å². The second kappa shape index (κ2) is 9.79. The van der Waals surface area contributed by atoms with Gasteiger partial charge in [0.05, 0.1) is 10.6 Å². The topological polar surface area (TPSA) is 75.3 Å². The average Bonchev–Trinajstić information content (AvgIpc) is 2.74. The maximum Gasteiger partial charge on any atom is 0.262 e. The second-order valence-electron chi connectivity index (χ2n) is 7.80. The normalized spacial score (nSPS) is 12.2. The summed E-state index contributed by atoms with van der Waals surface area (Å²) in [7, 11) is -3.83. The van der Waals surface area contributed by atoms with E-state index in [1.807, 2.05) is 44.2 Å². The fourth-order valence-corrected chi connectivity index (χ4v) is 4.73. The molecule has 0 fully saturated rings. The second-order valence-corrected chi connectivity index (χ2v) is 9.45. The monoisotopic (exact) mass is 436 g/mol. The summed E-state index contributed by atoms with van der Waals surface area (Å²) < 4.78 is 28.6. The quantitative estimate of drug-likeness (QED) is 0.530. The van der Waals surface area contributed by atoms with E-state index >= 15 is 0 Å². The smallest absolute Gasteiger partial charge is 0.262 e. The highest BCUT2D eigenvalue weighted by molar-refractivity contribution is 7.92. The Kier molecular flexibility index (Phi) is 7.13. The SMILES string of the molecule is Cc1ccccc1NS(=O)(=O)c1cc(C(=O)N[C@H](C)CCc2ccccc2)ccc1C. The van der Waals surface area contributed by atoms with Crippen molar-refractivity contribution in [2.75, 3.05) is 4.72 Å². The number of rotatable bonds is 8. The highest BCUT2D eigenvalue weighted by Crippen LogP contribution is 2.23. The molecule has 31 heavy (non-hydrogen) atoms. The number of aryl methyl sites for hydroxylation is 3. The Morgan fingerprint density at radius 3 is 2.29 bits per heavy atom. The van der Waals surface area contributed by atoms with Crippen molar-refractivity contribution in [2.24, 2.45) is 0 Å². The van der Waals surface area contributed by atoms with Crippen molar-refractivity contribution in [3.63, 3.8) is 0 Å². The van der Waals surface area contributed by atoms with E-state index < -0.39 is 10.0 Å². The molecule has 162 valence electrons. The lowest BCUT2D eigenvalue weighted by Gasteiger charge is -2.16. The van der Waals surface area contributed by atoms with E-state index in [-0.39, 0.29) is 16.8 Å². The van der Waals surface area contributed by atoms with Crippen LogP contribution in [0.2, 0.25) is 0 Å². The first-order chi connectivity index (χ1) is 14.8. The van der Waals surface area contributed by atoms with Crippen LogP contribution in [-0.2, 0) is 16.4 Å². The molecule has 0 saturated carbocycles. The highest BCUT2D eigenvalue weighted by atomic mass is 32.2. The molecular formula is C25H28N2O3S. The van der Waals surface area contributed by atoms with Gasteiger partial charge in [0.2, 0.25) is 0 Å². The van der Waals surface area contributed by atoms with Gasteiger partial charge in [-0.15, -0.1) is 0 Å².